The van der Waals surface area contributed by atoms with Crippen LogP contribution in [0.15, 0.2) is 60.5 Å². The van der Waals surface area contributed by atoms with E-state index in [-0.39, 0.29) is 48.0 Å². The van der Waals surface area contributed by atoms with Crippen LogP contribution in [0, 0.1) is 0 Å². The number of benzene rings is 2. The molecule has 15 heavy (non-hydrogen) atoms. The Morgan fingerprint density at radius 2 is 1.73 bits per heavy atom. The lowest BCUT2D eigenvalue weighted by Gasteiger charge is -2.00. The molecule has 0 fully saturated rings. The van der Waals surface area contributed by atoms with Crippen LogP contribution in [0.5, 0.6) is 0 Å². The van der Waals surface area contributed by atoms with Gasteiger partial charge in [0, 0.05) is 12.0 Å². The molecule has 0 spiro atoms. The lowest BCUT2D eigenvalue weighted by Crippen LogP contribution is -2.02. The van der Waals surface area contributed by atoms with Crippen molar-refractivity contribution in [1.82, 2.24) is 0 Å². The Balaban J connectivity index is 2.32. The van der Waals surface area contributed by atoms with E-state index < -0.39 is 0 Å². The zero-order chi connectivity index (χ0) is 14.9. The zero-order valence-electron chi connectivity index (χ0n) is 13.0. The van der Waals surface area contributed by atoms with Crippen molar-refractivity contribution < 1.29 is 11.6 Å². The topological polar surface area (TPSA) is 17.1 Å². The molecule has 0 saturated heterocycles. The van der Waals surface area contributed by atoms with Crippen LogP contribution in [0.25, 0.3) is 0 Å². The maximum Gasteiger partial charge on any atom is 0.167 e. The maximum atomic E-state index is 12.1. The highest BCUT2D eigenvalue weighted by atomic mass is 16.1. The molecular formula is C14H12O. The first kappa shape index (κ1) is 5.26. The normalized spacial score (nSPS) is 14.5. The Kier molecular flexibility index (Phi) is 1.60. The Morgan fingerprint density at radius 3 is 2.53 bits per heavy atom. The van der Waals surface area contributed by atoms with Gasteiger partial charge in [-0.2, -0.15) is 0 Å². The van der Waals surface area contributed by atoms with E-state index in [0.29, 0.717) is 5.56 Å². The van der Waals surface area contributed by atoms with Crippen molar-refractivity contribution in [2.45, 2.75) is 6.42 Å². The molecule has 0 atom stereocenters. The van der Waals surface area contributed by atoms with Crippen molar-refractivity contribution in [3.05, 3.63) is 71.7 Å². The van der Waals surface area contributed by atoms with Crippen molar-refractivity contribution in [1.29, 1.82) is 0 Å². The van der Waals surface area contributed by atoms with Crippen molar-refractivity contribution in [3.8, 4) is 0 Å². The van der Waals surface area contributed by atoms with Crippen LogP contribution in [-0.2, 0) is 6.42 Å². The van der Waals surface area contributed by atoms with E-state index in [0.717, 1.165) is 0 Å². The summed E-state index contributed by atoms with van der Waals surface area (Å²) in [6.07, 6.45) is -0.111. The summed E-state index contributed by atoms with van der Waals surface area (Å²) in [6.45, 7) is 0. The largest absolute Gasteiger partial charge is 0.294 e. The van der Waals surface area contributed by atoms with Gasteiger partial charge in [0.1, 0.15) is 0 Å². The van der Waals surface area contributed by atoms with E-state index in [4.69, 9.17) is 6.85 Å². The Hall–Kier alpha value is -1.89. The Bertz CT molecular complexity index is 661. The molecule has 0 unspecified atom stereocenters. The number of rotatable bonds is 3. The van der Waals surface area contributed by atoms with Crippen molar-refractivity contribution in [3.63, 3.8) is 0 Å². The lowest BCUT2D eigenvalue weighted by molar-refractivity contribution is 0.0993. The second-order valence-electron chi connectivity index (χ2n) is 3.07. The quantitative estimate of drug-likeness (QED) is 0.697. The summed E-state index contributed by atoms with van der Waals surface area (Å²) in [5, 5.41) is 0. The Labute approximate surface area is 96.4 Å². The summed E-state index contributed by atoms with van der Waals surface area (Å²) in [4.78, 5) is 12.1. The molecule has 0 radical (unpaired) electrons. The van der Waals surface area contributed by atoms with E-state index in [1.165, 1.54) is 30.3 Å². The summed E-state index contributed by atoms with van der Waals surface area (Å²) in [5.41, 5.74) is 0.554. The molecule has 2 rings (SSSR count). The highest BCUT2D eigenvalue weighted by Gasteiger charge is 2.05. The average molecular weight is 201 g/mol. The minimum Gasteiger partial charge on any atom is -0.294 e. The van der Waals surface area contributed by atoms with Gasteiger partial charge >= 0.3 is 0 Å². The van der Waals surface area contributed by atoms with E-state index in [1.807, 2.05) is 0 Å². The van der Waals surface area contributed by atoms with Gasteiger partial charge in [0.25, 0.3) is 0 Å². The van der Waals surface area contributed by atoms with Gasteiger partial charge in [0.05, 0.1) is 6.85 Å². The SMILES string of the molecule is [2H]c1cc([2H])cc(C(=O)Cc2cc([2H])cc([2H])c2[2H])c1. The summed E-state index contributed by atoms with van der Waals surface area (Å²) >= 11 is 0. The molecule has 0 amide bonds. The van der Waals surface area contributed by atoms with E-state index in [1.54, 1.807) is 0 Å². The monoisotopic (exact) mass is 201 g/mol. The lowest BCUT2D eigenvalue weighted by atomic mass is 10.0. The molecule has 0 N–H and O–H groups in total. The van der Waals surface area contributed by atoms with Gasteiger partial charge in [-0.3, -0.25) is 4.79 Å². The fourth-order valence-electron chi connectivity index (χ4n) is 1.23. The van der Waals surface area contributed by atoms with Crippen LogP contribution >= 0.6 is 0 Å². The van der Waals surface area contributed by atoms with Gasteiger partial charge in [-0.1, -0.05) is 60.5 Å². The molecule has 74 valence electrons. The molecule has 2 aromatic rings. The molecular weight excluding hydrogens is 184 g/mol. The highest BCUT2D eigenvalue weighted by molar-refractivity contribution is 5.97. The second kappa shape index (κ2) is 4.56. The summed E-state index contributed by atoms with van der Waals surface area (Å²) in [7, 11) is 0. The van der Waals surface area contributed by atoms with Crippen LogP contribution in [0.2, 0.25) is 0 Å². The van der Waals surface area contributed by atoms with Crippen LogP contribution in [-0.4, -0.2) is 5.78 Å². The molecule has 0 aliphatic rings. The summed E-state index contributed by atoms with van der Waals surface area (Å²) < 4.78 is 37.8. The average Bonchev–Trinajstić information content (AvgIpc) is 2.34. The van der Waals surface area contributed by atoms with Gasteiger partial charge in [0.2, 0.25) is 0 Å². The molecule has 0 aromatic heterocycles. The molecule has 0 aliphatic carbocycles. The molecule has 1 heteroatoms. The third-order valence-electron chi connectivity index (χ3n) is 1.96. The van der Waals surface area contributed by atoms with Crippen LogP contribution in [0.3, 0.4) is 0 Å². The highest BCUT2D eigenvalue weighted by Crippen LogP contribution is 2.06. The second-order valence-corrected chi connectivity index (χ2v) is 3.07. The van der Waals surface area contributed by atoms with Crippen LogP contribution in [0.1, 0.15) is 22.8 Å². The Morgan fingerprint density at radius 1 is 1.07 bits per heavy atom. The third kappa shape index (κ3) is 2.53. The molecule has 1 nitrogen and oxygen atoms in total. The minimum atomic E-state index is -0.328. The van der Waals surface area contributed by atoms with Gasteiger partial charge in [-0.05, 0) is 5.56 Å². The standard InChI is InChI=1S/C14H12O/c15-14(13-9-5-2-6-10-13)11-12-7-3-1-4-8-12/h1-10H,11H2/i3D,4D,5D,6D,7D. The van der Waals surface area contributed by atoms with E-state index in [9.17, 15) is 4.79 Å². The van der Waals surface area contributed by atoms with Gasteiger partial charge in [-0.15, -0.1) is 0 Å². The van der Waals surface area contributed by atoms with E-state index >= 15 is 0 Å². The van der Waals surface area contributed by atoms with Crippen LogP contribution in [0.4, 0.5) is 0 Å². The van der Waals surface area contributed by atoms with E-state index in [2.05, 4.69) is 0 Å². The van der Waals surface area contributed by atoms with Crippen LogP contribution < -0.4 is 0 Å². The fraction of sp³-hybridized carbons (Fsp3) is 0.0714. The third-order valence-corrected chi connectivity index (χ3v) is 1.96. The molecule has 0 heterocycles. The number of carbonyl (C=O) groups is 1. The number of ketones is 1. The maximum absolute atomic E-state index is 12.1. The van der Waals surface area contributed by atoms with Gasteiger partial charge in [0.15, 0.2) is 5.78 Å². The molecule has 0 aliphatic heterocycles. The zero-order valence-corrected chi connectivity index (χ0v) is 8.00. The predicted molar refractivity (Wildman–Crippen MR) is 60.9 cm³/mol. The van der Waals surface area contributed by atoms with Crippen molar-refractivity contribution >= 4 is 5.78 Å². The number of carbonyl (C=O) groups excluding carboxylic acids is 1. The molecule has 0 saturated carbocycles. The van der Waals surface area contributed by atoms with Crippen molar-refractivity contribution in [2.75, 3.05) is 0 Å². The summed E-state index contributed by atoms with van der Waals surface area (Å²) in [5.74, 6) is -0.328. The summed E-state index contributed by atoms with van der Waals surface area (Å²) in [6, 6.07) is 6.82. The minimum absolute atomic E-state index is 0.0672. The number of hydrogen-bond acceptors (Lipinski definition) is 1. The number of Topliss-reactive ketones (excluding diaryl/α,β-unsaturated/α-hetero) is 1. The molecule has 2 aromatic carbocycles. The van der Waals surface area contributed by atoms with Gasteiger partial charge < -0.3 is 0 Å². The predicted octanol–water partition coefficient (Wildman–Crippen LogP) is 3.11. The van der Waals surface area contributed by atoms with Gasteiger partial charge in [-0.25, -0.2) is 0 Å². The number of hydrogen-bond donors (Lipinski definition) is 0. The first-order valence-corrected chi connectivity index (χ1v) is 4.55. The first-order chi connectivity index (χ1) is 9.36. The first-order valence-electron chi connectivity index (χ1n) is 7.05. The van der Waals surface area contributed by atoms with Crippen molar-refractivity contribution in [2.24, 2.45) is 0 Å². The fourth-order valence-corrected chi connectivity index (χ4v) is 1.23. The molecule has 0 bridgehead atoms. The smallest absolute Gasteiger partial charge is 0.167 e.